The molecule has 0 bridgehead atoms. The van der Waals surface area contributed by atoms with E-state index in [0.717, 1.165) is 25.1 Å². The lowest BCUT2D eigenvalue weighted by Crippen LogP contribution is -2.28. The number of amides is 1. The molecule has 1 heterocycles. The van der Waals surface area contributed by atoms with Gasteiger partial charge in [-0.3, -0.25) is 9.89 Å². The Morgan fingerprint density at radius 2 is 2.38 bits per heavy atom. The number of aromatic amines is 1. The van der Waals surface area contributed by atoms with Gasteiger partial charge >= 0.3 is 0 Å². The summed E-state index contributed by atoms with van der Waals surface area (Å²) in [4.78, 5) is 17.6. The highest BCUT2D eigenvalue weighted by atomic mass is 16.2. The first-order valence-electron chi connectivity index (χ1n) is 5.46. The predicted molar refractivity (Wildman–Crippen MR) is 62.2 cm³/mol. The summed E-state index contributed by atoms with van der Waals surface area (Å²) < 4.78 is 0. The molecule has 16 heavy (non-hydrogen) atoms. The van der Waals surface area contributed by atoms with Gasteiger partial charge in [0.05, 0.1) is 0 Å². The summed E-state index contributed by atoms with van der Waals surface area (Å²) in [5.74, 6) is 0.848. The van der Waals surface area contributed by atoms with E-state index in [1.54, 1.807) is 11.9 Å². The summed E-state index contributed by atoms with van der Waals surface area (Å²) >= 11 is 0. The second kappa shape index (κ2) is 6.05. The van der Waals surface area contributed by atoms with Crippen LogP contribution in [0.3, 0.4) is 0 Å². The fourth-order valence-corrected chi connectivity index (χ4v) is 1.29. The van der Waals surface area contributed by atoms with Gasteiger partial charge < -0.3 is 4.90 Å². The maximum absolute atomic E-state index is 11.8. The zero-order chi connectivity index (χ0) is 12.0. The van der Waals surface area contributed by atoms with E-state index in [2.05, 4.69) is 21.8 Å². The number of H-pyrrole nitrogens is 1. The molecule has 0 unspecified atom stereocenters. The third kappa shape index (κ3) is 3.18. The van der Waals surface area contributed by atoms with E-state index in [-0.39, 0.29) is 11.7 Å². The molecule has 0 aliphatic carbocycles. The highest BCUT2D eigenvalue weighted by molar-refractivity contribution is 5.90. The van der Waals surface area contributed by atoms with Crippen molar-refractivity contribution in [2.24, 2.45) is 0 Å². The van der Waals surface area contributed by atoms with Crippen LogP contribution in [0.1, 0.15) is 36.2 Å². The van der Waals surface area contributed by atoms with E-state index in [0.29, 0.717) is 6.54 Å². The molecule has 0 fully saturated rings. The molecular weight excluding hydrogens is 204 g/mol. The lowest BCUT2D eigenvalue weighted by Gasteiger charge is -2.14. The maximum atomic E-state index is 11.8. The van der Waals surface area contributed by atoms with Gasteiger partial charge in [0.1, 0.15) is 5.82 Å². The first kappa shape index (κ1) is 12.4. The van der Waals surface area contributed by atoms with Crippen LogP contribution < -0.4 is 0 Å². The molecule has 0 saturated heterocycles. The minimum atomic E-state index is -0.139. The molecule has 5 heteroatoms. The van der Waals surface area contributed by atoms with Gasteiger partial charge in [0, 0.05) is 20.0 Å². The van der Waals surface area contributed by atoms with Crippen LogP contribution in [-0.2, 0) is 6.42 Å². The topological polar surface area (TPSA) is 61.9 Å². The molecule has 1 N–H and O–H groups in total. The highest BCUT2D eigenvalue weighted by Gasteiger charge is 2.15. The maximum Gasteiger partial charge on any atom is 0.293 e. The van der Waals surface area contributed by atoms with Crippen LogP contribution in [0, 0.1) is 0 Å². The molecular formula is C11H18N4O. The van der Waals surface area contributed by atoms with Crippen molar-refractivity contribution < 1.29 is 4.79 Å². The minimum absolute atomic E-state index is 0.139. The van der Waals surface area contributed by atoms with Crippen LogP contribution in [0.2, 0.25) is 0 Å². The first-order chi connectivity index (χ1) is 7.69. The molecule has 0 spiro atoms. The van der Waals surface area contributed by atoms with Gasteiger partial charge in [0.2, 0.25) is 5.82 Å². The monoisotopic (exact) mass is 222 g/mol. The van der Waals surface area contributed by atoms with Gasteiger partial charge in [-0.15, -0.1) is 11.7 Å². The Hall–Kier alpha value is -1.65. The molecule has 5 nitrogen and oxygen atoms in total. The number of unbranched alkanes of at least 4 members (excludes halogenated alkanes) is 1. The van der Waals surface area contributed by atoms with E-state index in [4.69, 9.17) is 0 Å². The molecule has 0 radical (unpaired) electrons. The molecule has 0 aliphatic rings. The summed E-state index contributed by atoms with van der Waals surface area (Å²) in [7, 11) is 1.76. The summed E-state index contributed by atoms with van der Waals surface area (Å²) in [6, 6.07) is 0. The van der Waals surface area contributed by atoms with Crippen LogP contribution in [-0.4, -0.2) is 39.6 Å². The zero-order valence-corrected chi connectivity index (χ0v) is 9.86. The van der Waals surface area contributed by atoms with Crippen molar-refractivity contribution in [3.05, 3.63) is 24.3 Å². The van der Waals surface area contributed by atoms with Crippen LogP contribution >= 0.6 is 0 Å². The number of aromatic nitrogens is 3. The second-order valence-corrected chi connectivity index (χ2v) is 3.62. The number of hydrogen-bond acceptors (Lipinski definition) is 3. The molecule has 0 aliphatic heterocycles. The van der Waals surface area contributed by atoms with Crippen molar-refractivity contribution in [2.75, 3.05) is 13.6 Å². The number of nitrogens with zero attached hydrogens (tertiary/aromatic N) is 3. The molecule has 1 aromatic heterocycles. The summed E-state index contributed by atoms with van der Waals surface area (Å²) in [5.41, 5.74) is 0. The SMILES string of the molecule is C=CCCCN(C)C(=O)c1n[nH]c(CC)n1. The number of rotatable bonds is 6. The van der Waals surface area contributed by atoms with Gasteiger partial charge in [0.15, 0.2) is 0 Å². The van der Waals surface area contributed by atoms with Gasteiger partial charge in [-0.25, -0.2) is 4.98 Å². The van der Waals surface area contributed by atoms with E-state index in [1.807, 2.05) is 13.0 Å². The Bertz CT molecular complexity index is 359. The minimum Gasteiger partial charge on any atom is -0.339 e. The van der Waals surface area contributed by atoms with Crippen molar-refractivity contribution >= 4 is 5.91 Å². The van der Waals surface area contributed by atoms with Crippen molar-refractivity contribution in [3.8, 4) is 0 Å². The third-order valence-electron chi connectivity index (χ3n) is 2.31. The number of hydrogen-bond donors (Lipinski definition) is 1. The fourth-order valence-electron chi connectivity index (χ4n) is 1.29. The standard InChI is InChI=1S/C11H18N4O/c1-4-6-7-8-15(3)11(16)10-12-9(5-2)13-14-10/h4H,1,5-8H2,2-3H3,(H,12,13,14). The second-order valence-electron chi connectivity index (χ2n) is 3.62. The third-order valence-corrected chi connectivity index (χ3v) is 2.31. The van der Waals surface area contributed by atoms with E-state index in [1.165, 1.54) is 0 Å². The van der Waals surface area contributed by atoms with Crippen LogP contribution in [0.4, 0.5) is 0 Å². The van der Waals surface area contributed by atoms with Crippen LogP contribution in [0.5, 0.6) is 0 Å². The normalized spacial score (nSPS) is 10.1. The number of aryl methyl sites for hydroxylation is 1. The molecule has 0 saturated carbocycles. The Morgan fingerprint density at radius 1 is 1.62 bits per heavy atom. The van der Waals surface area contributed by atoms with Gasteiger partial charge in [-0.2, -0.15) is 0 Å². The van der Waals surface area contributed by atoms with E-state index >= 15 is 0 Å². The zero-order valence-electron chi connectivity index (χ0n) is 9.86. The summed E-state index contributed by atoms with van der Waals surface area (Å²) in [6.45, 7) is 6.30. The Labute approximate surface area is 95.6 Å². The van der Waals surface area contributed by atoms with Crippen molar-refractivity contribution in [1.82, 2.24) is 20.1 Å². The van der Waals surface area contributed by atoms with Gasteiger partial charge in [0.25, 0.3) is 5.91 Å². The summed E-state index contributed by atoms with van der Waals surface area (Å²) in [6.07, 6.45) is 4.42. The quantitative estimate of drug-likeness (QED) is 0.584. The van der Waals surface area contributed by atoms with E-state index < -0.39 is 0 Å². The summed E-state index contributed by atoms with van der Waals surface area (Å²) in [5, 5.41) is 6.62. The number of carbonyl (C=O) groups excluding carboxylic acids is 1. The van der Waals surface area contributed by atoms with Crippen molar-refractivity contribution in [3.63, 3.8) is 0 Å². The fraction of sp³-hybridized carbons (Fsp3) is 0.545. The average molecular weight is 222 g/mol. The Balaban J connectivity index is 2.52. The van der Waals surface area contributed by atoms with Crippen LogP contribution in [0.25, 0.3) is 0 Å². The smallest absolute Gasteiger partial charge is 0.293 e. The lowest BCUT2D eigenvalue weighted by molar-refractivity contribution is 0.0782. The first-order valence-corrected chi connectivity index (χ1v) is 5.46. The molecule has 0 atom stereocenters. The van der Waals surface area contributed by atoms with Crippen molar-refractivity contribution in [2.45, 2.75) is 26.2 Å². The Morgan fingerprint density at radius 3 is 2.94 bits per heavy atom. The molecule has 1 aromatic rings. The lowest BCUT2D eigenvalue weighted by atomic mass is 10.3. The molecule has 1 amide bonds. The molecule has 0 aromatic carbocycles. The predicted octanol–water partition coefficient (Wildman–Crippen LogP) is 1.41. The average Bonchev–Trinajstić information content (AvgIpc) is 2.76. The number of allylic oxidation sites excluding steroid dienone is 1. The number of nitrogens with one attached hydrogen (secondary N) is 1. The number of carbonyl (C=O) groups is 1. The largest absolute Gasteiger partial charge is 0.339 e. The van der Waals surface area contributed by atoms with Crippen molar-refractivity contribution in [1.29, 1.82) is 0 Å². The van der Waals surface area contributed by atoms with Gasteiger partial charge in [-0.1, -0.05) is 13.0 Å². The molecule has 88 valence electrons. The van der Waals surface area contributed by atoms with E-state index in [9.17, 15) is 4.79 Å². The van der Waals surface area contributed by atoms with Crippen LogP contribution in [0.15, 0.2) is 12.7 Å². The Kier molecular flexibility index (Phi) is 4.69. The van der Waals surface area contributed by atoms with Gasteiger partial charge in [-0.05, 0) is 12.8 Å². The highest BCUT2D eigenvalue weighted by Crippen LogP contribution is 2.00. The molecule has 1 rings (SSSR count).